The Kier molecular flexibility index (Phi) is 10.2. The fourth-order valence-corrected chi connectivity index (χ4v) is 2.16. The molecule has 0 aliphatic carbocycles. The van der Waals surface area contributed by atoms with Crippen molar-refractivity contribution in [3.05, 3.63) is 36.0 Å². The fraction of sp³-hybridized carbons (Fsp3) is 0.684. The largest absolute Gasteiger partial charge is 0.393 e. The van der Waals surface area contributed by atoms with E-state index in [2.05, 4.69) is 13.2 Å². The predicted molar refractivity (Wildman–Crippen MR) is 92.5 cm³/mol. The minimum atomic E-state index is -0.917. The molecule has 0 aromatic heterocycles. The first-order valence-electron chi connectivity index (χ1n) is 8.26. The smallest absolute Gasteiger partial charge is 0.161 e. The van der Waals surface area contributed by atoms with Crippen molar-refractivity contribution in [2.24, 2.45) is 11.8 Å². The first-order chi connectivity index (χ1) is 10.6. The van der Waals surface area contributed by atoms with Crippen LogP contribution in [0.3, 0.4) is 0 Å². The highest BCUT2D eigenvalue weighted by Crippen LogP contribution is 2.32. The zero-order valence-corrected chi connectivity index (χ0v) is 15.2. The van der Waals surface area contributed by atoms with Gasteiger partial charge in [0.05, 0.1) is 12.2 Å². The maximum absolute atomic E-state index is 14.3. The molecule has 0 aliphatic heterocycles. The molecule has 4 atom stereocenters. The van der Waals surface area contributed by atoms with Crippen LogP contribution in [0.4, 0.5) is 8.78 Å². The van der Waals surface area contributed by atoms with E-state index in [4.69, 9.17) is 4.74 Å². The molecule has 0 aliphatic rings. The SMILES string of the molecule is C=C(/C(F)=C(/F)C(=C)C(C)CCC(C)OC)C(C)CCC(C)O. The number of aliphatic hydroxyl groups excluding tert-OH is 1. The topological polar surface area (TPSA) is 29.5 Å². The number of ether oxygens (including phenoxy) is 1. The third-order valence-corrected chi connectivity index (χ3v) is 4.37. The second kappa shape index (κ2) is 10.7. The van der Waals surface area contributed by atoms with E-state index in [0.29, 0.717) is 19.3 Å². The van der Waals surface area contributed by atoms with Gasteiger partial charge in [0.25, 0.3) is 0 Å². The lowest BCUT2D eigenvalue weighted by Gasteiger charge is -2.18. The van der Waals surface area contributed by atoms with Crippen LogP contribution in [-0.4, -0.2) is 24.4 Å². The summed E-state index contributed by atoms with van der Waals surface area (Å²) in [5.41, 5.74) is 0.288. The van der Waals surface area contributed by atoms with Gasteiger partial charge in [-0.2, -0.15) is 0 Å². The van der Waals surface area contributed by atoms with Gasteiger partial charge in [0.15, 0.2) is 11.7 Å². The Morgan fingerprint density at radius 3 is 1.61 bits per heavy atom. The summed E-state index contributed by atoms with van der Waals surface area (Å²) in [6.07, 6.45) is 2.15. The standard InChI is InChI=1S/C19H32F2O2/c1-12(8-10-14(3)22)16(5)18(20)19(21)17(6)13(2)9-11-15(4)23-7/h12-15,22H,5-6,8-11H2,1-4,7H3/b19-18-. The van der Waals surface area contributed by atoms with Crippen molar-refractivity contribution in [2.45, 2.75) is 65.6 Å². The number of aliphatic hydroxyl groups is 1. The molecule has 23 heavy (non-hydrogen) atoms. The van der Waals surface area contributed by atoms with Crippen molar-refractivity contribution >= 4 is 0 Å². The molecule has 0 spiro atoms. The van der Waals surface area contributed by atoms with Gasteiger partial charge in [0.2, 0.25) is 0 Å². The molecule has 2 nitrogen and oxygen atoms in total. The normalized spacial score (nSPS) is 17.9. The number of halogens is 2. The molecule has 1 N–H and O–H groups in total. The Bertz CT molecular complexity index is 427. The summed E-state index contributed by atoms with van der Waals surface area (Å²) >= 11 is 0. The van der Waals surface area contributed by atoms with Gasteiger partial charge in [-0.3, -0.25) is 0 Å². The van der Waals surface area contributed by atoms with Crippen LogP contribution in [0.2, 0.25) is 0 Å². The van der Waals surface area contributed by atoms with Gasteiger partial charge in [0, 0.05) is 7.11 Å². The molecular formula is C19H32F2O2. The van der Waals surface area contributed by atoms with Crippen molar-refractivity contribution in [3.8, 4) is 0 Å². The van der Waals surface area contributed by atoms with Gasteiger partial charge >= 0.3 is 0 Å². The second-order valence-corrected chi connectivity index (χ2v) is 6.53. The average Bonchev–Trinajstić information content (AvgIpc) is 2.53. The third kappa shape index (κ3) is 7.89. The lowest BCUT2D eigenvalue weighted by molar-refractivity contribution is 0.106. The van der Waals surface area contributed by atoms with Gasteiger partial charge in [-0.25, -0.2) is 8.78 Å². The molecule has 0 saturated carbocycles. The van der Waals surface area contributed by atoms with Crippen molar-refractivity contribution < 1.29 is 18.6 Å². The summed E-state index contributed by atoms with van der Waals surface area (Å²) in [4.78, 5) is 0. The Hall–Kier alpha value is -1.00. The van der Waals surface area contributed by atoms with E-state index in [1.54, 1.807) is 21.0 Å². The maximum Gasteiger partial charge on any atom is 0.161 e. The third-order valence-electron chi connectivity index (χ3n) is 4.37. The molecule has 0 saturated heterocycles. The second-order valence-electron chi connectivity index (χ2n) is 6.53. The first-order valence-corrected chi connectivity index (χ1v) is 8.26. The molecule has 0 heterocycles. The Morgan fingerprint density at radius 2 is 1.26 bits per heavy atom. The van der Waals surface area contributed by atoms with Crippen LogP contribution < -0.4 is 0 Å². The van der Waals surface area contributed by atoms with E-state index in [1.165, 1.54) is 0 Å². The molecular weight excluding hydrogens is 298 g/mol. The zero-order chi connectivity index (χ0) is 18.2. The number of methoxy groups -OCH3 is 1. The molecule has 4 unspecified atom stereocenters. The van der Waals surface area contributed by atoms with Gasteiger partial charge in [0.1, 0.15) is 0 Å². The number of allylic oxidation sites excluding steroid dienone is 4. The molecule has 4 heteroatoms. The maximum atomic E-state index is 14.3. The predicted octanol–water partition coefficient (Wildman–Crippen LogP) is 5.50. The lowest BCUT2D eigenvalue weighted by atomic mass is 9.91. The van der Waals surface area contributed by atoms with Crippen molar-refractivity contribution in [2.75, 3.05) is 7.11 Å². The van der Waals surface area contributed by atoms with Gasteiger partial charge < -0.3 is 9.84 Å². The summed E-state index contributed by atoms with van der Waals surface area (Å²) in [6, 6.07) is 0. The summed E-state index contributed by atoms with van der Waals surface area (Å²) < 4.78 is 33.8. The van der Waals surface area contributed by atoms with E-state index >= 15 is 0 Å². The van der Waals surface area contributed by atoms with Crippen molar-refractivity contribution in [3.63, 3.8) is 0 Å². The van der Waals surface area contributed by atoms with Crippen LogP contribution in [0.25, 0.3) is 0 Å². The van der Waals surface area contributed by atoms with Gasteiger partial charge in [-0.15, -0.1) is 0 Å². The Morgan fingerprint density at radius 1 is 0.870 bits per heavy atom. The van der Waals surface area contributed by atoms with Crippen LogP contribution in [0.1, 0.15) is 53.4 Å². The molecule has 0 rings (SSSR count). The first kappa shape index (κ1) is 22.0. The van der Waals surface area contributed by atoms with Gasteiger partial charge in [-0.05, 0) is 62.5 Å². The van der Waals surface area contributed by atoms with Crippen LogP contribution in [-0.2, 0) is 4.74 Å². The lowest BCUT2D eigenvalue weighted by Crippen LogP contribution is -2.10. The highest BCUT2D eigenvalue weighted by Gasteiger charge is 2.21. The van der Waals surface area contributed by atoms with E-state index in [0.717, 1.165) is 6.42 Å². The molecule has 0 fully saturated rings. The highest BCUT2D eigenvalue weighted by molar-refractivity contribution is 5.36. The fourth-order valence-electron chi connectivity index (χ4n) is 2.16. The molecule has 0 aromatic carbocycles. The van der Waals surface area contributed by atoms with E-state index in [1.807, 2.05) is 13.8 Å². The number of hydrogen-bond acceptors (Lipinski definition) is 2. The van der Waals surface area contributed by atoms with Crippen LogP contribution >= 0.6 is 0 Å². The van der Waals surface area contributed by atoms with Crippen LogP contribution in [0.5, 0.6) is 0 Å². The summed E-state index contributed by atoms with van der Waals surface area (Å²) in [5, 5.41) is 9.28. The van der Waals surface area contributed by atoms with Gasteiger partial charge in [-0.1, -0.05) is 27.0 Å². The summed E-state index contributed by atoms with van der Waals surface area (Å²) in [7, 11) is 1.63. The number of hydrogen-bond donors (Lipinski definition) is 1. The minimum Gasteiger partial charge on any atom is -0.393 e. The average molecular weight is 330 g/mol. The van der Waals surface area contributed by atoms with E-state index < -0.39 is 17.8 Å². The molecule has 0 radical (unpaired) electrons. The van der Waals surface area contributed by atoms with Crippen LogP contribution in [0.15, 0.2) is 36.0 Å². The molecule has 0 bridgehead atoms. The van der Waals surface area contributed by atoms with Crippen molar-refractivity contribution in [1.29, 1.82) is 0 Å². The highest BCUT2D eigenvalue weighted by atomic mass is 19.2. The minimum absolute atomic E-state index is 0.0811. The quantitative estimate of drug-likeness (QED) is 0.507. The van der Waals surface area contributed by atoms with Crippen LogP contribution in [0, 0.1) is 11.8 Å². The van der Waals surface area contributed by atoms with Crippen molar-refractivity contribution in [1.82, 2.24) is 0 Å². The molecule has 0 amide bonds. The monoisotopic (exact) mass is 330 g/mol. The Labute approximate surface area is 139 Å². The van der Waals surface area contributed by atoms with E-state index in [-0.39, 0.29) is 29.1 Å². The molecule has 134 valence electrons. The zero-order valence-electron chi connectivity index (χ0n) is 15.2. The summed E-state index contributed by atoms with van der Waals surface area (Å²) in [5.74, 6) is -2.22. The number of rotatable bonds is 11. The Balaban J connectivity index is 4.79. The summed E-state index contributed by atoms with van der Waals surface area (Å²) in [6.45, 7) is 14.6. The van der Waals surface area contributed by atoms with E-state index in [9.17, 15) is 13.9 Å². The molecule has 0 aromatic rings.